The Morgan fingerprint density at radius 2 is 1.05 bits per heavy atom. The Morgan fingerprint density at radius 3 is 1.46 bits per heavy atom. The van der Waals surface area contributed by atoms with Gasteiger partial charge in [0.2, 0.25) is 0 Å². The number of halogens is 3. The highest BCUT2D eigenvalue weighted by Crippen LogP contribution is 2.70. The molecule has 0 heterocycles. The topological polar surface area (TPSA) is 69.7 Å². The van der Waals surface area contributed by atoms with Gasteiger partial charge in [-0.2, -0.15) is 17.2 Å². The molecule has 0 atom stereocenters. The average Bonchev–Trinajstić information content (AvgIpc) is 2.96. The van der Waals surface area contributed by atoms with Crippen molar-refractivity contribution in [2.24, 2.45) is 0 Å². The van der Waals surface area contributed by atoms with Crippen LogP contribution in [0.25, 0.3) is 0 Å². The van der Waals surface area contributed by atoms with Crippen molar-refractivity contribution in [2.75, 3.05) is 12.5 Å². The number of carbonyl (C=O) groups is 1. The Labute approximate surface area is 236 Å². The first-order valence-electron chi connectivity index (χ1n) is 12.8. The van der Waals surface area contributed by atoms with Gasteiger partial charge in [0.05, 0.1) is 6.61 Å². The number of esters is 1. The normalized spacial score (nSPS) is 12.7. The van der Waals surface area contributed by atoms with Crippen molar-refractivity contribution in [3.8, 4) is 0 Å². The molecule has 0 N–H and O–H groups in total. The Kier molecular flexibility index (Phi) is 11.8. The zero-order valence-corrected chi connectivity index (χ0v) is 23.9. The largest absolute Gasteiger partial charge is 0.466 e. The Balaban J connectivity index is 1.84. The number of unbranched alkanes of at least 4 members (excludes halogenated alkanes) is 6. The van der Waals surface area contributed by atoms with Crippen molar-refractivity contribution in [1.29, 1.82) is 0 Å². The fourth-order valence-electron chi connectivity index (χ4n) is 3.97. The van der Waals surface area contributed by atoms with Crippen LogP contribution >= 0.6 is 21.9 Å². The number of carbonyl (C=O) groups excluding carboxylic acids is 1. The lowest BCUT2D eigenvalue weighted by Crippen LogP contribution is -2.41. The molecule has 0 aromatic heterocycles. The second-order valence-corrected chi connectivity index (χ2v) is 13.7. The van der Waals surface area contributed by atoms with Gasteiger partial charge in [-0.25, -0.2) is 8.42 Å². The van der Waals surface area contributed by atoms with Crippen molar-refractivity contribution >= 4 is 38.0 Å². The molecule has 0 aliphatic rings. The number of ether oxygens (including phenoxy) is 1. The number of alkyl halides is 3. The number of benzene rings is 3. The quantitative estimate of drug-likeness (QED) is 0.0941. The van der Waals surface area contributed by atoms with Crippen LogP contribution in [0.5, 0.6) is 0 Å². The molecular formula is C29H33ClF2O5S2. The lowest BCUT2D eigenvalue weighted by molar-refractivity contribution is -0.161. The van der Waals surface area contributed by atoms with Crippen molar-refractivity contribution in [2.45, 2.75) is 64.9 Å². The van der Waals surface area contributed by atoms with Crippen molar-refractivity contribution < 1.29 is 30.4 Å². The molecule has 0 spiro atoms. The first-order valence-corrected chi connectivity index (χ1v) is 16.3. The van der Waals surface area contributed by atoms with Gasteiger partial charge in [-0.3, -0.25) is 0 Å². The third kappa shape index (κ3) is 7.81. The van der Waals surface area contributed by atoms with E-state index in [-0.39, 0.29) is 6.61 Å². The smallest absolute Gasteiger partial charge is 0.460 e. The van der Waals surface area contributed by atoms with E-state index in [0.717, 1.165) is 32.1 Å². The summed E-state index contributed by atoms with van der Waals surface area (Å²) in [5, 5.41) is -4.91. The summed E-state index contributed by atoms with van der Waals surface area (Å²) in [6.07, 6.45) is 5.85. The molecule has 0 unspecified atom stereocenters. The van der Waals surface area contributed by atoms with Crippen LogP contribution in [0.3, 0.4) is 0 Å². The lowest BCUT2D eigenvalue weighted by Gasteiger charge is -2.39. The van der Waals surface area contributed by atoms with E-state index < -0.39 is 31.7 Å². The van der Waals surface area contributed by atoms with E-state index in [9.17, 15) is 13.2 Å². The molecule has 0 saturated carbocycles. The number of hydrogen-bond donors (Lipinski definition) is 0. The molecule has 39 heavy (non-hydrogen) atoms. The SMILES string of the molecule is O=C(OCCCCCCCCCCl)C(F)(F)S(=O)(=O)OS(c1ccccc1)(c1ccccc1)c1ccccc1. The van der Waals surface area contributed by atoms with Gasteiger partial charge in [-0.05, 0) is 59.5 Å². The lowest BCUT2D eigenvalue weighted by atomic mass is 10.1. The summed E-state index contributed by atoms with van der Waals surface area (Å²) >= 11 is 5.65. The fourth-order valence-corrected chi connectivity index (χ4v) is 9.22. The molecule has 0 fully saturated rings. The monoisotopic (exact) mass is 598 g/mol. The number of rotatable bonds is 16. The Bertz CT molecular complexity index is 1160. The molecule has 3 rings (SSSR count). The molecule has 5 nitrogen and oxygen atoms in total. The average molecular weight is 599 g/mol. The highest BCUT2D eigenvalue weighted by molar-refractivity contribution is 8.33. The minimum Gasteiger partial charge on any atom is -0.460 e. The molecule has 0 bridgehead atoms. The first-order chi connectivity index (χ1) is 18.8. The summed E-state index contributed by atoms with van der Waals surface area (Å²) in [6, 6.07) is 24.9. The second kappa shape index (κ2) is 14.8. The van der Waals surface area contributed by atoms with E-state index in [1.165, 1.54) is 0 Å². The van der Waals surface area contributed by atoms with Gasteiger partial charge in [0.15, 0.2) is 0 Å². The van der Waals surface area contributed by atoms with Crippen LogP contribution in [0.2, 0.25) is 0 Å². The predicted octanol–water partition coefficient (Wildman–Crippen LogP) is 8.34. The van der Waals surface area contributed by atoms with Crippen LogP contribution in [-0.4, -0.2) is 32.1 Å². The standard InChI is InChI=1S/C29H33ClF2O5S2/c30-23-15-4-2-1-3-5-16-24-36-28(33)29(31,32)39(34,35)37-38(25-17-9-6-10-18-25,26-19-11-7-12-20-26)27-21-13-8-14-22-27/h6-14,17-22H,1-5,15-16,23-24H2. The molecule has 0 radical (unpaired) electrons. The molecule has 3 aromatic carbocycles. The molecule has 0 aliphatic carbocycles. The van der Waals surface area contributed by atoms with E-state index in [1.54, 1.807) is 91.0 Å². The Morgan fingerprint density at radius 1 is 0.667 bits per heavy atom. The summed E-state index contributed by atoms with van der Waals surface area (Å²) < 4.78 is 67.2. The van der Waals surface area contributed by atoms with Gasteiger partial charge in [-0.1, -0.05) is 86.7 Å². The minimum absolute atomic E-state index is 0.306. The van der Waals surface area contributed by atoms with Crippen LogP contribution in [0.1, 0.15) is 44.9 Å². The van der Waals surface area contributed by atoms with Gasteiger partial charge >= 0.3 is 21.3 Å². The molecule has 0 saturated heterocycles. The van der Waals surface area contributed by atoms with Crippen LogP contribution in [-0.2, 0) is 23.3 Å². The van der Waals surface area contributed by atoms with Crippen molar-refractivity contribution in [3.63, 3.8) is 0 Å². The number of hydrogen-bond acceptors (Lipinski definition) is 5. The van der Waals surface area contributed by atoms with E-state index >= 15 is 8.78 Å². The van der Waals surface area contributed by atoms with Gasteiger partial charge in [0, 0.05) is 20.6 Å². The second-order valence-electron chi connectivity index (χ2n) is 8.83. The maximum Gasteiger partial charge on any atom is 0.466 e. The van der Waals surface area contributed by atoms with Gasteiger partial charge in [0.25, 0.3) is 0 Å². The third-order valence-corrected chi connectivity index (χ3v) is 11.4. The Hall–Kier alpha value is -2.46. The maximum atomic E-state index is 15.2. The van der Waals surface area contributed by atoms with E-state index in [0.29, 0.717) is 33.4 Å². The molecule has 10 heteroatoms. The zero-order chi connectivity index (χ0) is 28.2. The van der Waals surface area contributed by atoms with Crippen LogP contribution in [0, 0.1) is 0 Å². The first kappa shape index (κ1) is 31.1. The summed E-state index contributed by atoms with van der Waals surface area (Å²) in [5.41, 5.74) is 0. The van der Waals surface area contributed by atoms with Gasteiger partial charge < -0.3 is 4.74 Å². The molecule has 212 valence electrons. The highest BCUT2D eigenvalue weighted by Gasteiger charge is 2.58. The molecule has 3 aromatic rings. The minimum atomic E-state index is -5.80. The van der Waals surface area contributed by atoms with E-state index in [4.69, 9.17) is 20.0 Å². The molecule has 0 amide bonds. The predicted molar refractivity (Wildman–Crippen MR) is 151 cm³/mol. The fraction of sp³-hybridized carbons (Fsp3) is 0.345. The molecule has 0 aliphatic heterocycles. The van der Waals surface area contributed by atoms with Crippen LogP contribution in [0.15, 0.2) is 106 Å². The van der Waals surface area contributed by atoms with Crippen LogP contribution < -0.4 is 0 Å². The third-order valence-electron chi connectivity index (χ3n) is 5.98. The summed E-state index contributed by atoms with van der Waals surface area (Å²) in [6.45, 7) is -0.306. The zero-order valence-electron chi connectivity index (χ0n) is 21.5. The van der Waals surface area contributed by atoms with Gasteiger partial charge in [0.1, 0.15) is 0 Å². The summed E-state index contributed by atoms with van der Waals surface area (Å²) in [4.78, 5) is 13.5. The van der Waals surface area contributed by atoms with E-state index in [2.05, 4.69) is 0 Å². The van der Waals surface area contributed by atoms with Gasteiger partial charge in [-0.15, -0.1) is 11.6 Å². The van der Waals surface area contributed by atoms with E-state index in [1.807, 2.05) is 0 Å². The highest BCUT2D eigenvalue weighted by atomic mass is 35.5. The summed E-state index contributed by atoms with van der Waals surface area (Å²) in [5.74, 6) is -1.52. The summed E-state index contributed by atoms with van der Waals surface area (Å²) in [7, 11) is -9.04. The van der Waals surface area contributed by atoms with Crippen molar-refractivity contribution in [1.82, 2.24) is 0 Å². The maximum absolute atomic E-state index is 15.2. The van der Waals surface area contributed by atoms with Crippen molar-refractivity contribution in [3.05, 3.63) is 91.0 Å². The molecular weight excluding hydrogens is 566 g/mol. The van der Waals surface area contributed by atoms with Crippen LogP contribution in [0.4, 0.5) is 8.78 Å².